The number of fused-ring (bicyclic) bond motifs is 1. The lowest BCUT2D eigenvalue weighted by Gasteiger charge is -2.31. The zero-order chi connectivity index (χ0) is 30.8. The average molecular weight is 590 g/mol. The van der Waals surface area contributed by atoms with Crippen molar-refractivity contribution in [3.63, 3.8) is 0 Å². The molecule has 0 spiro atoms. The standard InChI is InChI=1S/C28H35N5O2.C4H4O4/c1-32(2)18-25-27(34-19-21-6-7-21)11-9-24-26(31-35-28(24)25)10-8-20-12-14-33(15-13-20)17-23-5-3-4-22(16-29)30-23;5-3(6)1-2-4(7)8/h3-5,9,11,20-21H,6-8,10,12-15,17-19H2,1-2H3;1-2H,(H,5,6)(H,7,8). The molecule has 0 radical (unpaired) electrons. The fraction of sp³-hybridized carbons (Fsp3) is 0.469. The van der Waals surface area contributed by atoms with E-state index in [0.717, 1.165) is 79.3 Å². The van der Waals surface area contributed by atoms with Gasteiger partial charge in [-0.05, 0) is 102 Å². The lowest BCUT2D eigenvalue weighted by atomic mass is 9.91. The molecule has 11 heteroatoms. The van der Waals surface area contributed by atoms with Gasteiger partial charge in [-0.2, -0.15) is 5.26 Å². The third-order valence-electron chi connectivity index (χ3n) is 7.59. The summed E-state index contributed by atoms with van der Waals surface area (Å²) in [7, 11) is 4.15. The molecule has 3 heterocycles. The maximum Gasteiger partial charge on any atom is 0.328 e. The number of pyridine rings is 1. The van der Waals surface area contributed by atoms with Crippen molar-refractivity contribution in [2.75, 3.05) is 33.8 Å². The van der Waals surface area contributed by atoms with Crippen molar-refractivity contribution >= 4 is 22.9 Å². The van der Waals surface area contributed by atoms with Crippen LogP contribution in [-0.4, -0.2) is 75.9 Å². The highest BCUT2D eigenvalue weighted by atomic mass is 16.5. The Bertz CT molecular complexity index is 1450. The number of carboxylic acid groups (broad SMARTS) is 2. The lowest BCUT2D eigenvalue weighted by Crippen LogP contribution is -2.33. The number of rotatable bonds is 12. The molecule has 1 saturated carbocycles. The van der Waals surface area contributed by atoms with Gasteiger partial charge in [0, 0.05) is 30.6 Å². The Kier molecular flexibility index (Phi) is 11.2. The molecular formula is C32H39N5O6. The monoisotopic (exact) mass is 589 g/mol. The number of hydrogen-bond acceptors (Lipinski definition) is 9. The third-order valence-corrected chi connectivity index (χ3v) is 7.59. The number of benzene rings is 1. The van der Waals surface area contributed by atoms with E-state index in [-0.39, 0.29) is 0 Å². The molecule has 0 amide bonds. The van der Waals surface area contributed by atoms with Crippen LogP contribution in [0.2, 0.25) is 0 Å². The number of ether oxygens (including phenoxy) is 1. The van der Waals surface area contributed by atoms with E-state index in [1.807, 2.05) is 12.1 Å². The molecule has 2 N–H and O–H groups in total. The highest BCUT2D eigenvalue weighted by molar-refractivity contribution is 5.89. The normalized spacial score (nSPS) is 15.8. The zero-order valence-corrected chi connectivity index (χ0v) is 24.7. The molecule has 1 aliphatic heterocycles. The number of carbonyl (C=O) groups is 2. The Morgan fingerprint density at radius 1 is 1.09 bits per heavy atom. The molecule has 3 aromatic rings. The number of aliphatic carboxylic acids is 2. The molecule has 1 aliphatic carbocycles. The van der Waals surface area contributed by atoms with Gasteiger partial charge >= 0.3 is 11.9 Å². The number of nitrogens with zero attached hydrogens (tertiary/aromatic N) is 5. The van der Waals surface area contributed by atoms with Gasteiger partial charge in [0.1, 0.15) is 17.5 Å². The van der Waals surface area contributed by atoms with Crippen LogP contribution in [-0.2, 0) is 29.1 Å². The topological polar surface area (TPSA) is 153 Å². The Labute approximate surface area is 251 Å². The molecule has 2 aromatic heterocycles. The maximum atomic E-state index is 9.55. The summed E-state index contributed by atoms with van der Waals surface area (Å²) < 4.78 is 12.1. The summed E-state index contributed by atoms with van der Waals surface area (Å²) in [5.74, 6) is -0.171. The van der Waals surface area contributed by atoms with Crippen LogP contribution < -0.4 is 4.74 Å². The third kappa shape index (κ3) is 9.91. The van der Waals surface area contributed by atoms with E-state index in [4.69, 9.17) is 24.7 Å². The molecule has 228 valence electrons. The SMILES string of the molecule is CN(C)Cc1c(OCC2CC2)ccc2c(CCC3CCN(Cc4cccc(C#N)n4)CC3)noc12.O=C(O)C=CC(=O)O. The van der Waals surface area contributed by atoms with E-state index >= 15 is 0 Å². The van der Waals surface area contributed by atoms with E-state index in [1.54, 1.807) is 6.07 Å². The second-order valence-electron chi connectivity index (χ2n) is 11.4. The summed E-state index contributed by atoms with van der Waals surface area (Å²) in [5.41, 5.74) is 4.52. The van der Waals surface area contributed by atoms with Gasteiger partial charge in [-0.15, -0.1) is 0 Å². The minimum atomic E-state index is -1.26. The first-order valence-corrected chi connectivity index (χ1v) is 14.6. The molecular weight excluding hydrogens is 550 g/mol. The second-order valence-corrected chi connectivity index (χ2v) is 11.4. The largest absolute Gasteiger partial charge is 0.493 e. The predicted molar refractivity (Wildman–Crippen MR) is 159 cm³/mol. The van der Waals surface area contributed by atoms with E-state index < -0.39 is 11.9 Å². The molecule has 0 unspecified atom stereocenters. The Hall–Kier alpha value is -4.27. The van der Waals surface area contributed by atoms with E-state index in [0.29, 0.717) is 29.7 Å². The smallest absolute Gasteiger partial charge is 0.328 e. The molecule has 5 rings (SSSR count). The summed E-state index contributed by atoms with van der Waals surface area (Å²) in [4.78, 5) is 28.1. The molecule has 1 aromatic carbocycles. The number of carboxylic acids is 2. The van der Waals surface area contributed by atoms with Crippen molar-refractivity contribution in [2.45, 2.75) is 51.6 Å². The zero-order valence-electron chi connectivity index (χ0n) is 24.7. The van der Waals surface area contributed by atoms with Crippen LogP contribution in [0.4, 0.5) is 0 Å². The number of hydrogen-bond donors (Lipinski definition) is 2. The summed E-state index contributed by atoms with van der Waals surface area (Å²) in [5, 5.41) is 30.3. The van der Waals surface area contributed by atoms with Gasteiger partial charge in [-0.25, -0.2) is 14.6 Å². The fourth-order valence-electron chi connectivity index (χ4n) is 5.14. The molecule has 11 nitrogen and oxygen atoms in total. The quantitative estimate of drug-likeness (QED) is 0.287. The van der Waals surface area contributed by atoms with Crippen molar-refractivity contribution in [3.05, 3.63) is 65.1 Å². The first-order chi connectivity index (χ1) is 20.7. The second kappa shape index (κ2) is 15.3. The van der Waals surface area contributed by atoms with Crippen molar-refractivity contribution in [1.29, 1.82) is 5.26 Å². The van der Waals surface area contributed by atoms with Crippen LogP contribution in [0.15, 0.2) is 47.0 Å². The molecule has 43 heavy (non-hydrogen) atoms. The van der Waals surface area contributed by atoms with Crippen LogP contribution in [0.1, 0.15) is 54.7 Å². The minimum Gasteiger partial charge on any atom is -0.493 e. The van der Waals surface area contributed by atoms with E-state index in [2.05, 4.69) is 52.2 Å². The molecule has 1 saturated heterocycles. The van der Waals surface area contributed by atoms with Crippen LogP contribution in [0.5, 0.6) is 5.75 Å². The average Bonchev–Trinajstić information content (AvgIpc) is 3.73. The first-order valence-electron chi connectivity index (χ1n) is 14.6. The summed E-state index contributed by atoms with van der Waals surface area (Å²) >= 11 is 0. The number of aryl methyl sites for hydroxylation is 1. The minimum absolute atomic E-state index is 0.493. The summed E-state index contributed by atoms with van der Waals surface area (Å²) in [6, 6.07) is 12.1. The number of nitriles is 1. The van der Waals surface area contributed by atoms with Gasteiger partial charge in [0.15, 0.2) is 5.58 Å². The first kappa shape index (κ1) is 31.7. The van der Waals surface area contributed by atoms with Gasteiger partial charge in [-0.1, -0.05) is 11.2 Å². The highest BCUT2D eigenvalue weighted by Crippen LogP contribution is 2.35. The highest BCUT2D eigenvalue weighted by Gasteiger charge is 2.25. The van der Waals surface area contributed by atoms with Crippen molar-refractivity contribution < 1.29 is 29.1 Å². The number of aromatic nitrogens is 2. The van der Waals surface area contributed by atoms with Crippen LogP contribution in [0, 0.1) is 23.2 Å². The molecule has 0 atom stereocenters. The van der Waals surface area contributed by atoms with Gasteiger partial charge < -0.3 is 24.4 Å². The summed E-state index contributed by atoms with van der Waals surface area (Å²) in [6.45, 7) is 4.52. The lowest BCUT2D eigenvalue weighted by molar-refractivity contribution is -0.134. The van der Waals surface area contributed by atoms with Crippen LogP contribution in [0.3, 0.4) is 0 Å². The Morgan fingerprint density at radius 2 is 1.81 bits per heavy atom. The van der Waals surface area contributed by atoms with Crippen LogP contribution in [0.25, 0.3) is 11.0 Å². The van der Waals surface area contributed by atoms with Crippen molar-refractivity contribution in [1.82, 2.24) is 19.9 Å². The Morgan fingerprint density at radius 3 is 2.44 bits per heavy atom. The van der Waals surface area contributed by atoms with Gasteiger partial charge in [-0.3, -0.25) is 4.90 Å². The van der Waals surface area contributed by atoms with Gasteiger partial charge in [0.25, 0.3) is 0 Å². The Balaban J connectivity index is 0.000000467. The fourth-order valence-corrected chi connectivity index (χ4v) is 5.14. The van der Waals surface area contributed by atoms with E-state index in [1.165, 1.54) is 25.7 Å². The number of piperidine rings is 1. The van der Waals surface area contributed by atoms with Gasteiger partial charge in [0.2, 0.25) is 0 Å². The maximum absolute atomic E-state index is 9.55. The predicted octanol–water partition coefficient (Wildman–Crippen LogP) is 4.50. The molecule has 2 aliphatic rings. The van der Waals surface area contributed by atoms with Crippen molar-refractivity contribution in [2.24, 2.45) is 11.8 Å². The van der Waals surface area contributed by atoms with Gasteiger partial charge in [0.05, 0.1) is 23.6 Å². The molecule has 2 fully saturated rings. The van der Waals surface area contributed by atoms with E-state index in [9.17, 15) is 9.59 Å². The number of likely N-dealkylation sites (tertiary alicyclic amines) is 1. The van der Waals surface area contributed by atoms with Crippen LogP contribution >= 0.6 is 0 Å². The summed E-state index contributed by atoms with van der Waals surface area (Å²) in [6.07, 6.45) is 8.10. The molecule has 0 bridgehead atoms. The van der Waals surface area contributed by atoms with Crippen molar-refractivity contribution in [3.8, 4) is 11.8 Å².